The van der Waals surface area contributed by atoms with E-state index in [1.807, 2.05) is 0 Å². The number of rotatable bonds is 0. The number of hydrogen-bond acceptors (Lipinski definition) is 6. The number of aryl methyl sites for hydroxylation is 1. The van der Waals surface area contributed by atoms with E-state index in [0.29, 0.717) is 5.56 Å². The van der Waals surface area contributed by atoms with Gasteiger partial charge in [0.05, 0.1) is 29.8 Å². The average Bonchev–Trinajstić information content (AvgIpc) is 2.39. The van der Waals surface area contributed by atoms with E-state index >= 15 is 0 Å². The molecule has 1 aromatic carbocycles. The SMILES string of the molecule is Cc1cc(O)c2c(c1O)C(O)C1CC(O)CC(O)C1C2=O. The molecule has 0 heterocycles. The Morgan fingerprint density at radius 1 is 1.14 bits per heavy atom. The predicted molar refractivity (Wildman–Crippen MR) is 72.0 cm³/mol. The number of carbonyl (C=O) groups excluding carboxylic acids is 1. The highest BCUT2D eigenvalue weighted by Gasteiger charge is 2.50. The molecule has 0 radical (unpaired) electrons. The van der Waals surface area contributed by atoms with Crippen LogP contribution in [-0.4, -0.2) is 43.5 Å². The van der Waals surface area contributed by atoms with Crippen molar-refractivity contribution in [3.8, 4) is 11.5 Å². The molecule has 0 bridgehead atoms. The summed E-state index contributed by atoms with van der Waals surface area (Å²) in [4.78, 5) is 12.6. The molecule has 0 aromatic heterocycles. The van der Waals surface area contributed by atoms with Crippen LogP contribution in [-0.2, 0) is 0 Å². The molecule has 6 heteroatoms. The van der Waals surface area contributed by atoms with Crippen LogP contribution in [0.1, 0.15) is 40.4 Å². The Hall–Kier alpha value is -1.63. The number of aliphatic hydroxyl groups excluding tert-OH is 3. The Labute approximate surface area is 121 Å². The van der Waals surface area contributed by atoms with Crippen LogP contribution in [0, 0.1) is 18.8 Å². The van der Waals surface area contributed by atoms with Crippen molar-refractivity contribution in [1.82, 2.24) is 0 Å². The zero-order valence-corrected chi connectivity index (χ0v) is 11.5. The summed E-state index contributed by atoms with van der Waals surface area (Å²) in [5.74, 6) is -2.56. The van der Waals surface area contributed by atoms with Gasteiger partial charge in [-0.05, 0) is 31.4 Å². The first-order chi connectivity index (χ1) is 9.82. The number of fused-ring (bicyclic) bond motifs is 2. The van der Waals surface area contributed by atoms with Gasteiger partial charge in [0.2, 0.25) is 0 Å². The summed E-state index contributed by atoms with van der Waals surface area (Å²) in [7, 11) is 0. The molecule has 0 aliphatic heterocycles. The molecule has 21 heavy (non-hydrogen) atoms. The average molecular weight is 294 g/mol. The summed E-state index contributed by atoms with van der Waals surface area (Å²) >= 11 is 0. The minimum Gasteiger partial charge on any atom is -0.507 e. The molecular formula is C15H18O6. The minimum absolute atomic E-state index is 0.0000463. The van der Waals surface area contributed by atoms with Crippen LogP contribution in [0.15, 0.2) is 6.07 Å². The third-order valence-electron chi connectivity index (χ3n) is 4.69. The van der Waals surface area contributed by atoms with Crippen molar-refractivity contribution in [2.45, 2.75) is 38.1 Å². The highest BCUT2D eigenvalue weighted by atomic mass is 16.3. The lowest BCUT2D eigenvalue weighted by Crippen LogP contribution is -2.48. The molecule has 2 aliphatic rings. The number of phenolic OH excluding ortho intramolecular Hbond substituents is 2. The predicted octanol–water partition coefficient (Wildman–Crippen LogP) is 0.384. The Morgan fingerprint density at radius 3 is 2.48 bits per heavy atom. The molecule has 5 atom stereocenters. The highest BCUT2D eigenvalue weighted by molar-refractivity contribution is 6.04. The van der Waals surface area contributed by atoms with Crippen LogP contribution in [0.2, 0.25) is 0 Å². The Morgan fingerprint density at radius 2 is 1.81 bits per heavy atom. The van der Waals surface area contributed by atoms with E-state index in [1.54, 1.807) is 6.92 Å². The molecule has 5 N–H and O–H groups in total. The van der Waals surface area contributed by atoms with Gasteiger partial charge in [0.1, 0.15) is 11.5 Å². The van der Waals surface area contributed by atoms with Crippen LogP contribution >= 0.6 is 0 Å². The summed E-state index contributed by atoms with van der Waals surface area (Å²) in [6.07, 6.45) is -2.85. The van der Waals surface area contributed by atoms with Gasteiger partial charge >= 0.3 is 0 Å². The standard InChI is InChI=1S/C15H18O6/c1-5-2-8(17)11-12(13(5)19)14(20)7-3-6(16)4-9(18)10(7)15(11)21/h2,6-7,9-10,14,16-20H,3-4H2,1H3. The van der Waals surface area contributed by atoms with Gasteiger partial charge in [-0.3, -0.25) is 4.79 Å². The van der Waals surface area contributed by atoms with E-state index in [2.05, 4.69) is 0 Å². The first-order valence-electron chi connectivity index (χ1n) is 6.96. The number of benzene rings is 1. The van der Waals surface area contributed by atoms with E-state index in [1.165, 1.54) is 6.07 Å². The summed E-state index contributed by atoms with van der Waals surface area (Å²) in [5.41, 5.74) is 0.232. The largest absolute Gasteiger partial charge is 0.507 e. The second kappa shape index (κ2) is 4.69. The monoisotopic (exact) mass is 294 g/mol. The molecule has 0 saturated heterocycles. The van der Waals surface area contributed by atoms with Crippen molar-refractivity contribution in [3.63, 3.8) is 0 Å². The Kier molecular flexibility index (Phi) is 3.20. The maximum absolute atomic E-state index is 12.6. The van der Waals surface area contributed by atoms with Crippen molar-refractivity contribution in [3.05, 3.63) is 22.8 Å². The topological polar surface area (TPSA) is 118 Å². The van der Waals surface area contributed by atoms with E-state index in [0.717, 1.165) is 0 Å². The second-order valence-electron chi connectivity index (χ2n) is 6.04. The molecule has 1 fully saturated rings. The fraction of sp³-hybridized carbons (Fsp3) is 0.533. The minimum atomic E-state index is -1.21. The maximum atomic E-state index is 12.6. The highest BCUT2D eigenvalue weighted by Crippen LogP contribution is 2.51. The zero-order chi connectivity index (χ0) is 15.5. The van der Waals surface area contributed by atoms with Crippen molar-refractivity contribution in [1.29, 1.82) is 0 Å². The summed E-state index contributed by atoms with van der Waals surface area (Å²) in [6, 6.07) is 1.27. The summed E-state index contributed by atoms with van der Waals surface area (Å²) in [5, 5.41) is 50.5. The molecule has 0 spiro atoms. The van der Waals surface area contributed by atoms with E-state index in [4.69, 9.17) is 0 Å². The van der Waals surface area contributed by atoms with Gasteiger partial charge < -0.3 is 25.5 Å². The third kappa shape index (κ3) is 1.94. The van der Waals surface area contributed by atoms with Crippen molar-refractivity contribution in [2.75, 3.05) is 0 Å². The van der Waals surface area contributed by atoms with E-state index in [-0.39, 0.29) is 35.5 Å². The smallest absolute Gasteiger partial charge is 0.173 e. The van der Waals surface area contributed by atoms with Crippen molar-refractivity contribution >= 4 is 5.78 Å². The van der Waals surface area contributed by atoms with E-state index < -0.39 is 35.9 Å². The van der Waals surface area contributed by atoms with Crippen molar-refractivity contribution < 1.29 is 30.3 Å². The summed E-state index contributed by atoms with van der Waals surface area (Å²) in [6.45, 7) is 1.56. The van der Waals surface area contributed by atoms with Gasteiger partial charge in [0, 0.05) is 11.5 Å². The molecule has 3 rings (SSSR count). The quantitative estimate of drug-likeness (QED) is 0.442. The van der Waals surface area contributed by atoms with Gasteiger partial charge in [0.25, 0.3) is 0 Å². The number of aromatic hydroxyl groups is 2. The molecule has 2 aliphatic carbocycles. The van der Waals surface area contributed by atoms with Crippen LogP contribution in [0.4, 0.5) is 0 Å². The number of phenols is 2. The van der Waals surface area contributed by atoms with Gasteiger partial charge in [-0.25, -0.2) is 0 Å². The number of hydrogen-bond donors (Lipinski definition) is 5. The van der Waals surface area contributed by atoms with Gasteiger partial charge in [-0.1, -0.05) is 0 Å². The van der Waals surface area contributed by atoms with Gasteiger partial charge in [-0.15, -0.1) is 0 Å². The maximum Gasteiger partial charge on any atom is 0.173 e. The van der Waals surface area contributed by atoms with E-state index in [9.17, 15) is 30.3 Å². The second-order valence-corrected chi connectivity index (χ2v) is 6.04. The number of aliphatic hydroxyl groups is 3. The molecule has 114 valence electrons. The summed E-state index contributed by atoms with van der Waals surface area (Å²) < 4.78 is 0. The van der Waals surface area contributed by atoms with Crippen molar-refractivity contribution in [2.24, 2.45) is 11.8 Å². The number of ketones is 1. The van der Waals surface area contributed by atoms with Crippen LogP contribution in [0.3, 0.4) is 0 Å². The fourth-order valence-corrected chi connectivity index (χ4v) is 3.70. The number of carbonyl (C=O) groups is 1. The molecule has 1 saturated carbocycles. The van der Waals surface area contributed by atoms with Gasteiger partial charge in [-0.2, -0.15) is 0 Å². The molecular weight excluding hydrogens is 276 g/mol. The molecule has 5 unspecified atom stereocenters. The first kappa shape index (κ1) is 14.3. The Balaban J connectivity index is 2.20. The zero-order valence-electron chi connectivity index (χ0n) is 11.5. The van der Waals surface area contributed by atoms with Crippen LogP contribution in [0.5, 0.6) is 11.5 Å². The lowest BCUT2D eigenvalue weighted by atomic mass is 9.64. The normalized spacial score (nSPS) is 35.2. The van der Waals surface area contributed by atoms with Gasteiger partial charge in [0.15, 0.2) is 5.78 Å². The molecule has 6 nitrogen and oxygen atoms in total. The third-order valence-corrected chi connectivity index (χ3v) is 4.69. The number of Topliss-reactive ketones (excluding diaryl/α,β-unsaturated/α-hetero) is 1. The van der Waals surface area contributed by atoms with Crippen LogP contribution in [0.25, 0.3) is 0 Å². The fourth-order valence-electron chi connectivity index (χ4n) is 3.70. The first-order valence-corrected chi connectivity index (χ1v) is 6.96. The van der Waals surface area contributed by atoms with Crippen LogP contribution < -0.4 is 0 Å². The lowest BCUT2D eigenvalue weighted by molar-refractivity contribution is -0.0651. The molecule has 1 aromatic rings. The Bertz CT molecular complexity index is 611. The molecule has 0 amide bonds. The lowest BCUT2D eigenvalue weighted by Gasteiger charge is -2.43.